The average Bonchev–Trinajstić information content (AvgIpc) is 3.17. The van der Waals surface area contributed by atoms with Crippen LogP contribution in [-0.4, -0.2) is 38.7 Å². The molecule has 6 nitrogen and oxygen atoms in total. The maximum atomic E-state index is 4.70. The summed E-state index contributed by atoms with van der Waals surface area (Å²) in [7, 11) is 0. The van der Waals surface area contributed by atoms with Gasteiger partial charge in [0.15, 0.2) is 5.65 Å². The minimum absolute atomic E-state index is 0.441. The van der Waals surface area contributed by atoms with Gasteiger partial charge in [0.25, 0.3) is 0 Å². The molecule has 1 aliphatic rings. The summed E-state index contributed by atoms with van der Waals surface area (Å²) in [6.07, 6.45) is 4.71. The van der Waals surface area contributed by atoms with Crippen LogP contribution in [0.15, 0.2) is 36.7 Å². The average molecular weight is 294 g/mol. The smallest absolute Gasteiger partial charge is 0.158 e. The number of aryl methyl sites for hydroxylation is 1. The summed E-state index contributed by atoms with van der Waals surface area (Å²) in [5, 5.41) is 11.6. The second-order valence-corrected chi connectivity index (χ2v) is 5.66. The number of hydrogen-bond acceptors (Lipinski definition) is 5. The Hall–Kier alpha value is -2.47. The number of pyridine rings is 1. The molecule has 0 aliphatic carbocycles. The first-order chi connectivity index (χ1) is 10.8. The molecule has 0 aromatic carbocycles. The van der Waals surface area contributed by atoms with Crippen LogP contribution in [0.4, 0.5) is 5.82 Å². The number of anilines is 1. The van der Waals surface area contributed by atoms with E-state index in [0.717, 1.165) is 47.9 Å². The molecule has 112 valence electrons. The van der Waals surface area contributed by atoms with Gasteiger partial charge in [-0.15, -0.1) is 0 Å². The lowest BCUT2D eigenvalue weighted by Gasteiger charge is -2.14. The van der Waals surface area contributed by atoms with E-state index in [1.54, 1.807) is 6.20 Å². The molecule has 6 heteroatoms. The number of aromatic nitrogens is 4. The van der Waals surface area contributed by atoms with E-state index in [4.69, 9.17) is 5.10 Å². The molecule has 0 saturated carbocycles. The van der Waals surface area contributed by atoms with E-state index in [2.05, 4.69) is 20.6 Å². The Morgan fingerprint density at radius 2 is 2.32 bits per heavy atom. The second kappa shape index (κ2) is 5.38. The van der Waals surface area contributed by atoms with Crippen LogP contribution >= 0.6 is 0 Å². The van der Waals surface area contributed by atoms with Crippen LogP contribution in [0.3, 0.4) is 0 Å². The molecule has 0 amide bonds. The fourth-order valence-electron chi connectivity index (χ4n) is 2.85. The van der Waals surface area contributed by atoms with E-state index in [0.29, 0.717) is 6.04 Å². The van der Waals surface area contributed by atoms with Crippen molar-refractivity contribution in [2.75, 3.05) is 18.4 Å². The quantitative estimate of drug-likeness (QED) is 0.772. The van der Waals surface area contributed by atoms with Crippen molar-refractivity contribution < 1.29 is 0 Å². The largest absolute Gasteiger partial charge is 0.366 e. The van der Waals surface area contributed by atoms with E-state index in [-0.39, 0.29) is 0 Å². The molecule has 1 unspecified atom stereocenters. The van der Waals surface area contributed by atoms with E-state index in [1.807, 2.05) is 41.9 Å². The van der Waals surface area contributed by atoms with Gasteiger partial charge in [0.1, 0.15) is 5.82 Å². The Bertz CT molecular complexity index is 789. The SMILES string of the molecule is Cc1cc(NC2CCNC2)n2nc(-c3cccnc3)cc2n1. The zero-order chi connectivity index (χ0) is 14.9. The van der Waals surface area contributed by atoms with Crippen molar-refractivity contribution in [2.45, 2.75) is 19.4 Å². The number of rotatable bonds is 3. The minimum Gasteiger partial charge on any atom is -0.366 e. The van der Waals surface area contributed by atoms with Crippen molar-refractivity contribution in [1.82, 2.24) is 24.9 Å². The molecular formula is C16H18N6. The van der Waals surface area contributed by atoms with Gasteiger partial charge in [0, 0.05) is 48.4 Å². The third-order valence-corrected chi connectivity index (χ3v) is 3.92. The van der Waals surface area contributed by atoms with Crippen molar-refractivity contribution in [2.24, 2.45) is 0 Å². The molecule has 1 saturated heterocycles. The van der Waals surface area contributed by atoms with E-state index < -0.39 is 0 Å². The van der Waals surface area contributed by atoms with Crippen LogP contribution in [0, 0.1) is 6.92 Å². The lowest BCUT2D eigenvalue weighted by atomic mass is 10.2. The summed E-state index contributed by atoms with van der Waals surface area (Å²) < 4.78 is 1.88. The third-order valence-electron chi connectivity index (χ3n) is 3.92. The van der Waals surface area contributed by atoms with Crippen LogP contribution < -0.4 is 10.6 Å². The van der Waals surface area contributed by atoms with Crippen LogP contribution in [0.1, 0.15) is 12.1 Å². The van der Waals surface area contributed by atoms with Gasteiger partial charge in [0.2, 0.25) is 0 Å². The highest BCUT2D eigenvalue weighted by Crippen LogP contribution is 2.21. The number of nitrogens with one attached hydrogen (secondary N) is 2. The van der Waals surface area contributed by atoms with Crippen LogP contribution in [0.5, 0.6) is 0 Å². The lowest BCUT2D eigenvalue weighted by molar-refractivity contribution is 0.774. The number of nitrogens with zero attached hydrogens (tertiary/aromatic N) is 4. The molecule has 1 atom stereocenters. The minimum atomic E-state index is 0.441. The molecule has 1 aliphatic heterocycles. The highest BCUT2D eigenvalue weighted by Gasteiger charge is 2.17. The van der Waals surface area contributed by atoms with Gasteiger partial charge in [-0.2, -0.15) is 9.61 Å². The third kappa shape index (κ3) is 2.42. The summed E-state index contributed by atoms with van der Waals surface area (Å²) in [6.45, 7) is 4.05. The summed E-state index contributed by atoms with van der Waals surface area (Å²) >= 11 is 0. The predicted octanol–water partition coefficient (Wildman–Crippen LogP) is 1.87. The van der Waals surface area contributed by atoms with Gasteiger partial charge >= 0.3 is 0 Å². The molecule has 3 aromatic rings. The monoisotopic (exact) mass is 294 g/mol. The van der Waals surface area contributed by atoms with E-state index in [9.17, 15) is 0 Å². The first-order valence-electron chi connectivity index (χ1n) is 7.55. The Balaban J connectivity index is 1.77. The van der Waals surface area contributed by atoms with Crippen molar-refractivity contribution in [3.05, 3.63) is 42.4 Å². The molecule has 22 heavy (non-hydrogen) atoms. The molecule has 0 radical (unpaired) electrons. The summed E-state index contributed by atoms with van der Waals surface area (Å²) in [6, 6.07) is 8.42. The first kappa shape index (κ1) is 13.2. The highest BCUT2D eigenvalue weighted by atomic mass is 15.3. The van der Waals surface area contributed by atoms with E-state index >= 15 is 0 Å². The van der Waals surface area contributed by atoms with Gasteiger partial charge in [-0.25, -0.2) is 4.98 Å². The normalized spacial score (nSPS) is 18.0. The zero-order valence-corrected chi connectivity index (χ0v) is 12.5. The Morgan fingerprint density at radius 3 is 3.09 bits per heavy atom. The standard InChI is InChI=1S/C16H18N6/c1-11-7-15(20-13-4-6-18-10-13)22-16(19-11)8-14(21-22)12-3-2-5-17-9-12/h2-3,5,7-9,13,18,20H,4,6,10H2,1H3. The van der Waals surface area contributed by atoms with Gasteiger partial charge in [-0.3, -0.25) is 4.98 Å². The molecule has 1 fully saturated rings. The van der Waals surface area contributed by atoms with Gasteiger partial charge < -0.3 is 10.6 Å². The lowest BCUT2D eigenvalue weighted by Crippen LogP contribution is -2.23. The van der Waals surface area contributed by atoms with Crippen LogP contribution in [0.2, 0.25) is 0 Å². The zero-order valence-electron chi connectivity index (χ0n) is 12.5. The fraction of sp³-hybridized carbons (Fsp3) is 0.312. The molecule has 3 aromatic heterocycles. The first-order valence-corrected chi connectivity index (χ1v) is 7.55. The summed E-state index contributed by atoms with van der Waals surface area (Å²) in [5.74, 6) is 0.992. The Labute approximate surface area is 128 Å². The van der Waals surface area contributed by atoms with Crippen LogP contribution in [0.25, 0.3) is 16.9 Å². The van der Waals surface area contributed by atoms with Crippen molar-refractivity contribution in [1.29, 1.82) is 0 Å². The van der Waals surface area contributed by atoms with Crippen LogP contribution in [-0.2, 0) is 0 Å². The Morgan fingerprint density at radius 1 is 1.36 bits per heavy atom. The fourth-order valence-corrected chi connectivity index (χ4v) is 2.85. The molecule has 0 spiro atoms. The predicted molar refractivity (Wildman–Crippen MR) is 85.9 cm³/mol. The Kier molecular flexibility index (Phi) is 3.23. The second-order valence-electron chi connectivity index (χ2n) is 5.66. The maximum absolute atomic E-state index is 4.70. The van der Waals surface area contributed by atoms with Crippen molar-refractivity contribution >= 4 is 11.5 Å². The highest BCUT2D eigenvalue weighted by molar-refractivity contribution is 5.65. The van der Waals surface area contributed by atoms with Gasteiger partial charge in [-0.05, 0) is 32.0 Å². The molecule has 0 bridgehead atoms. The van der Waals surface area contributed by atoms with Gasteiger partial charge in [0.05, 0.1) is 5.69 Å². The van der Waals surface area contributed by atoms with Crippen molar-refractivity contribution in [3.8, 4) is 11.3 Å². The number of hydrogen-bond donors (Lipinski definition) is 2. The summed E-state index contributed by atoms with van der Waals surface area (Å²) in [4.78, 5) is 8.74. The molecule has 4 rings (SSSR count). The molecule has 2 N–H and O–H groups in total. The van der Waals surface area contributed by atoms with Crippen molar-refractivity contribution in [3.63, 3.8) is 0 Å². The topological polar surface area (TPSA) is 67.1 Å². The molecule has 4 heterocycles. The number of fused-ring (bicyclic) bond motifs is 1. The molecular weight excluding hydrogens is 276 g/mol. The van der Waals surface area contributed by atoms with E-state index in [1.165, 1.54) is 0 Å². The van der Waals surface area contributed by atoms with Gasteiger partial charge in [-0.1, -0.05) is 0 Å². The summed E-state index contributed by atoms with van der Waals surface area (Å²) in [5.41, 5.74) is 3.73. The maximum Gasteiger partial charge on any atom is 0.158 e.